The van der Waals surface area contributed by atoms with E-state index in [9.17, 15) is 27.9 Å². The van der Waals surface area contributed by atoms with Gasteiger partial charge in [-0.2, -0.15) is 13.2 Å². The van der Waals surface area contributed by atoms with Crippen LogP contribution in [0.2, 0.25) is 0 Å². The van der Waals surface area contributed by atoms with Crippen LogP contribution in [0, 0.1) is 11.8 Å². The third kappa shape index (κ3) is 7.77. The summed E-state index contributed by atoms with van der Waals surface area (Å²) < 4.78 is 58.2. The van der Waals surface area contributed by atoms with E-state index in [0.717, 1.165) is 37.8 Å². The number of anilines is 1. The molecule has 11 heteroatoms. The molecule has 1 aromatic heterocycles. The zero-order valence-corrected chi connectivity index (χ0v) is 24.5. The van der Waals surface area contributed by atoms with Crippen LogP contribution in [0.15, 0.2) is 54.7 Å². The Kier molecular flexibility index (Phi) is 9.83. The zero-order valence-electron chi connectivity index (χ0n) is 24.5. The van der Waals surface area contributed by atoms with Gasteiger partial charge in [0.1, 0.15) is 29.4 Å². The fourth-order valence-corrected chi connectivity index (χ4v) is 5.12. The molecule has 0 unspecified atom stereocenters. The number of hydrogen-bond acceptors (Lipinski definition) is 6. The summed E-state index contributed by atoms with van der Waals surface area (Å²) in [6.45, 7) is 5.54. The lowest BCUT2D eigenvalue weighted by Gasteiger charge is -2.34. The summed E-state index contributed by atoms with van der Waals surface area (Å²) in [4.78, 5) is 31.1. The first-order valence-electron chi connectivity index (χ1n) is 14.1. The van der Waals surface area contributed by atoms with Crippen LogP contribution >= 0.6 is 0 Å². The van der Waals surface area contributed by atoms with Gasteiger partial charge in [0.2, 0.25) is 11.8 Å². The number of carboxylic acids is 1. The Labute approximate surface area is 248 Å². The fraction of sp³-hybridized carbons (Fsp3) is 0.406. The maximum atomic E-state index is 14.0. The standard InChI is InChI=1S/C32H35F3N2O6/c1-19(2)37(30(38)22-7-5-20(3)6-8-22)28-14-13-25(16-26(28)31(39)40)43-29-27(32(33,34)35)15-21(17-36-29)18-42-24-11-9-23(41-4)10-12-24/h9-17,19-20,22H,5-8,18H2,1-4H3,(H,39,40). The van der Waals surface area contributed by atoms with Gasteiger partial charge in [0.25, 0.3) is 0 Å². The number of nitrogens with zero attached hydrogens (tertiary/aromatic N) is 2. The van der Waals surface area contributed by atoms with Crippen molar-refractivity contribution in [2.24, 2.45) is 11.8 Å². The summed E-state index contributed by atoms with van der Waals surface area (Å²) in [7, 11) is 1.51. The van der Waals surface area contributed by atoms with E-state index in [2.05, 4.69) is 11.9 Å². The molecule has 1 heterocycles. The third-order valence-corrected chi connectivity index (χ3v) is 7.47. The van der Waals surface area contributed by atoms with Gasteiger partial charge in [-0.25, -0.2) is 9.78 Å². The van der Waals surface area contributed by atoms with Crippen molar-refractivity contribution in [2.75, 3.05) is 12.0 Å². The van der Waals surface area contributed by atoms with Gasteiger partial charge in [-0.15, -0.1) is 0 Å². The molecule has 0 spiro atoms. The number of alkyl halides is 3. The maximum absolute atomic E-state index is 14.0. The van der Waals surface area contributed by atoms with E-state index in [1.165, 1.54) is 30.3 Å². The van der Waals surface area contributed by atoms with Crippen LogP contribution in [0.3, 0.4) is 0 Å². The Morgan fingerprint density at radius 3 is 2.21 bits per heavy atom. The molecule has 1 N–H and O–H groups in total. The molecule has 3 aromatic rings. The van der Waals surface area contributed by atoms with E-state index in [1.807, 2.05) is 0 Å². The van der Waals surface area contributed by atoms with Crippen molar-refractivity contribution in [1.29, 1.82) is 0 Å². The van der Waals surface area contributed by atoms with Gasteiger partial charge in [-0.05, 0) is 94.0 Å². The Morgan fingerprint density at radius 1 is 1.00 bits per heavy atom. The Hall–Kier alpha value is -4.28. The van der Waals surface area contributed by atoms with Crippen LogP contribution in [0.1, 0.15) is 67.9 Å². The number of benzene rings is 2. The molecule has 4 rings (SSSR count). The number of rotatable bonds is 10. The number of hydrogen-bond donors (Lipinski definition) is 1. The van der Waals surface area contributed by atoms with Gasteiger partial charge in [-0.3, -0.25) is 4.79 Å². The normalized spacial score (nSPS) is 16.9. The second kappa shape index (κ2) is 13.4. The molecule has 1 aliphatic carbocycles. The summed E-state index contributed by atoms with van der Waals surface area (Å²) in [6, 6.07) is 11.0. The lowest BCUT2D eigenvalue weighted by atomic mass is 9.82. The molecule has 0 atom stereocenters. The molecule has 1 fully saturated rings. The lowest BCUT2D eigenvalue weighted by molar-refractivity contribution is -0.139. The highest BCUT2D eigenvalue weighted by atomic mass is 19.4. The molecule has 43 heavy (non-hydrogen) atoms. The highest BCUT2D eigenvalue weighted by Crippen LogP contribution is 2.39. The van der Waals surface area contributed by atoms with E-state index in [4.69, 9.17) is 14.2 Å². The van der Waals surface area contributed by atoms with Crippen LogP contribution in [0.4, 0.5) is 18.9 Å². The molecular formula is C32H35F3N2O6. The highest BCUT2D eigenvalue weighted by molar-refractivity contribution is 6.03. The fourth-order valence-electron chi connectivity index (χ4n) is 5.12. The molecular weight excluding hydrogens is 565 g/mol. The van der Waals surface area contributed by atoms with Crippen molar-refractivity contribution in [3.05, 3.63) is 71.4 Å². The average Bonchev–Trinajstić information content (AvgIpc) is 2.97. The van der Waals surface area contributed by atoms with Crippen LogP contribution in [-0.4, -0.2) is 35.1 Å². The molecule has 1 amide bonds. The van der Waals surface area contributed by atoms with E-state index >= 15 is 0 Å². The number of amides is 1. The van der Waals surface area contributed by atoms with Crippen molar-refractivity contribution >= 4 is 17.6 Å². The highest BCUT2D eigenvalue weighted by Gasteiger charge is 2.37. The van der Waals surface area contributed by atoms with Gasteiger partial charge in [0.15, 0.2) is 0 Å². The number of carboxylic acid groups (broad SMARTS) is 1. The van der Waals surface area contributed by atoms with Crippen LogP contribution in [0.25, 0.3) is 0 Å². The first kappa shape index (κ1) is 31.7. The molecule has 1 saturated carbocycles. The number of pyridine rings is 1. The Bertz CT molecular complexity index is 1430. The monoisotopic (exact) mass is 600 g/mol. The summed E-state index contributed by atoms with van der Waals surface area (Å²) in [5.74, 6) is -1.05. The lowest BCUT2D eigenvalue weighted by Crippen LogP contribution is -2.42. The number of aromatic nitrogens is 1. The first-order chi connectivity index (χ1) is 20.4. The van der Waals surface area contributed by atoms with Crippen molar-refractivity contribution in [2.45, 2.75) is 65.3 Å². The number of carbonyl (C=O) groups excluding carboxylic acids is 1. The van der Waals surface area contributed by atoms with Crippen LogP contribution in [0.5, 0.6) is 23.1 Å². The van der Waals surface area contributed by atoms with E-state index in [-0.39, 0.29) is 47.0 Å². The largest absolute Gasteiger partial charge is 0.497 e. The average molecular weight is 601 g/mol. The van der Waals surface area contributed by atoms with Gasteiger partial charge in [0.05, 0.1) is 18.4 Å². The Morgan fingerprint density at radius 2 is 1.63 bits per heavy atom. The summed E-state index contributed by atoms with van der Waals surface area (Å²) in [5, 5.41) is 10.0. The minimum Gasteiger partial charge on any atom is -0.497 e. The zero-order chi connectivity index (χ0) is 31.3. The van der Waals surface area contributed by atoms with E-state index < -0.39 is 23.6 Å². The molecule has 2 aromatic carbocycles. The van der Waals surface area contributed by atoms with E-state index in [0.29, 0.717) is 17.4 Å². The number of carbonyl (C=O) groups is 2. The van der Waals surface area contributed by atoms with Crippen molar-refractivity contribution in [3.63, 3.8) is 0 Å². The molecule has 0 radical (unpaired) electrons. The van der Waals surface area contributed by atoms with Crippen LogP contribution in [-0.2, 0) is 17.6 Å². The van der Waals surface area contributed by atoms with Crippen molar-refractivity contribution in [1.82, 2.24) is 4.98 Å². The number of methoxy groups -OCH3 is 1. The SMILES string of the molecule is COc1ccc(OCc2cnc(Oc3ccc(N(C(=O)C4CCC(C)CC4)C(C)C)c(C(=O)O)c3)c(C(F)(F)F)c2)cc1. The van der Waals surface area contributed by atoms with Crippen molar-refractivity contribution in [3.8, 4) is 23.1 Å². The van der Waals surface area contributed by atoms with E-state index in [1.54, 1.807) is 38.1 Å². The van der Waals surface area contributed by atoms with Crippen LogP contribution < -0.4 is 19.1 Å². The Balaban J connectivity index is 1.59. The summed E-state index contributed by atoms with van der Waals surface area (Å²) in [6.07, 6.45) is -0.333. The maximum Gasteiger partial charge on any atom is 0.421 e. The molecule has 8 nitrogen and oxygen atoms in total. The number of aromatic carboxylic acids is 1. The predicted molar refractivity (Wildman–Crippen MR) is 154 cm³/mol. The summed E-state index contributed by atoms with van der Waals surface area (Å²) in [5.41, 5.74) is -1.09. The third-order valence-electron chi connectivity index (χ3n) is 7.47. The quantitative estimate of drug-likeness (QED) is 0.254. The first-order valence-corrected chi connectivity index (χ1v) is 14.1. The minimum absolute atomic E-state index is 0.153. The minimum atomic E-state index is -4.81. The van der Waals surface area contributed by atoms with Crippen molar-refractivity contribution < 1.29 is 42.1 Å². The second-order valence-electron chi connectivity index (χ2n) is 11.0. The molecule has 1 aliphatic rings. The summed E-state index contributed by atoms with van der Waals surface area (Å²) >= 11 is 0. The molecule has 0 bridgehead atoms. The van der Waals surface area contributed by atoms with Gasteiger partial charge < -0.3 is 24.2 Å². The topological polar surface area (TPSA) is 98.2 Å². The van der Waals surface area contributed by atoms with Gasteiger partial charge in [-0.1, -0.05) is 6.92 Å². The number of halogens is 3. The number of ether oxygens (including phenoxy) is 3. The second-order valence-corrected chi connectivity index (χ2v) is 11.0. The van der Waals surface area contributed by atoms with Gasteiger partial charge in [0, 0.05) is 23.7 Å². The molecule has 0 saturated heterocycles. The van der Waals surface area contributed by atoms with Gasteiger partial charge >= 0.3 is 12.1 Å². The predicted octanol–water partition coefficient (Wildman–Crippen LogP) is 7.75. The molecule has 0 aliphatic heterocycles. The molecule has 230 valence electrons. The smallest absolute Gasteiger partial charge is 0.421 e.